The molecular formula is C16H29IO4. The van der Waals surface area contributed by atoms with Gasteiger partial charge in [-0.3, -0.25) is 9.59 Å². The van der Waals surface area contributed by atoms with Crippen LogP contribution in [0.25, 0.3) is 0 Å². The summed E-state index contributed by atoms with van der Waals surface area (Å²) in [5.41, 5.74) is -0.158. The highest BCUT2D eigenvalue weighted by Gasteiger charge is 2.36. The van der Waals surface area contributed by atoms with Crippen molar-refractivity contribution in [2.24, 2.45) is 11.3 Å². The van der Waals surface area contributed by atoms with Gasteiger partial charge in [0.15, 0.2) is 0 Å². The lowest BCUT2D eigenvalue weighted by Gasteiger charge is -2.18. The molecule has 0 aliphatic heterocycles. The van der Waals surface area contributed by atoms with Crippen molar-refractivity contribution in [1.29, 1.82) is 0 Å². The van der Waals surface area contributed by atoms with Crippen molar-refractivity contribution in [3.8, 4) is 0 Å². The van der Waals surface area contributed by atoms with Crippen LogP contribution in [0.2, 0.25) is 0 Å². The van der Waals surface area contributed by atoms with Crippen LogP contribution in [-0.2, 0) is 19.1 Å². The van der Waals surface area contributed by atoms with E-state index in [9.17, 15) is 9.59 Å². The van der Waals surface area contributed by atoms with Gasteiger partial charge in [-0.05, 0) is 37.5 Å². The fourth-order valence-corrected chi connectivity index (χ4v) is 2.93. The van der Waals surface area contributed by atoms with Crippen molar-refractivity contribution < 1.29 is 19.1 Å². The lowest BCUT2D eigenvalue weighted by Crippen LogP contribution is -2.25. The first-order chi connectivity index (χ1) is 10.0. The summed E-state index contributed by atoms with van der Waals surface area (Å²) in [6, 6.07) is 0. The Morgan fingerprint density at radius 1 is 0.952 bits per heavy atom. The molecule has 0 amide bonds. The average molecular weight is 412 g/mol. The molecular weight excluding hydrogens is 383 g/mol. The fraction of sp³-hybridized carbons (Fsp3) is 0.875. The molecule has 5 heteroatoms. The van der Waals surface area contributed by atoms with Crippen molar-refractivity contribution in [3.05, 3.63) is 0 Å². The van der Waals surface area contributed by atoms with E-state index in [0.29, 0.717) is 0 Å². The van der Waals surface area contributed by atoms with Crippen molar-refractivity contribution in [1.82, 2.24) is 0 Å². The summed E-state index contributed by atoms with van der Waals surface area (Å²) in [5, 5.41) is 0. The molecule has 4 nitrogen and oxygen atoms in total. The second kappa shape index (κ2) is 11.3. The number of hydrogen-bond acceptors (Lipinski definition) is 4. The number of ether oxygens (including phenoxy) is 2. The third-order valence-corrected chi connectivity index (χ3v) is 4.27. The van der Waals surface area contributed by atoms with Gasteiger partial charge in [0.2, 0.25) is 0 Å². The summed E-state index contributed by atoms with van der Waals surface area (Å²) >= 11 is 2.15. The third kappa shape index (κ3) is 6.98. The van der Waals surface area contributed by atoms with Gasteiger partial charge >= 0.3 is 11.9 Å². The van der Waals surface area contributed by atoms with E-state index in [1.165, 1.54) is 39.9 Å². The molecule has 0 saturated heterocycles. The van der Waals surface area contributed by atoms with Crippen molar-refractivity contribution in [2.75, 3.05) is 19.2 Å². The number of methoxy groups -OCH3 is 2. The average Bonchev–Trinajstić information content (AvgIpc) is 3.20. The molecule has 0 atom stereocenters. The van der Waals surface area contributed by atoms with Crippen LogP contribution in [0.4, 0.5) is 0 Å². The van der Waals surface area contributed by atoms with E-state index >= 15 is 0 Å². The predicted octanol–water partition coefficient (Wildman–Crippen LogP) is 4.14. The lowest BCUT2D eigenvalue weighted by molar-refractivity contribution is -0.151. The number of hydrogen-bond donors (Lipinski definition) is 0. The summed E-state index contributed by atoms with van der Waals surface area (Å²) in [6.07, 6.45) is 8.80. The van der Waals surface area contributed by atoms with Gasteiger partial charge in [0.1, 0.15) is 0 Å². The summed E-state index contributed by atoms with van der Waals surface area (Å²) in [6.45, 7) is 1.99. The van der Waals surface area contributed by atoms with Gasteiger partial charge in [0.25, 0.3) is 0 Å². The van der Waals surface area contributed by atoms with Crippen LogP contribution in [0.5, 0.6) is 0 Å². The SMILES string of the molecule is CI.COC(=O)C1(C)CCCC1.COC(=O)C1CCCC1. The summed E-state index contributed by atoms with van der Waals surface area (Å²) in [4.78, 5) is 23.9. The second-order valence-electron chi connectivity index (χ2n) is 5.76. The van der Waals surface area contributed by atoms with Crippen LogP contribution in [0, 0.1) is 11.3 Å². The van der Waals surface area contributed by atoms with E-state index in [0.717, 1.165) is 25.7 Å². The number of rotatable bonds is 2. The molecule has 2 rings (SSSR count). The van der Waals surface area contributed by atoms with Crippen LogP contribution in [0.15, 0.2) is 0 Å². The number of esters is 2. The van der Waals surface area contributed by atoms with Gasteiger partial charge in [-0.2, -0.15) is 0 Å². The van der Waals surface area contributed by atoms with Gasteiger partial charge < -0.3 is 9.47 Å². The Labute approximate surface area is 142 Å². The van der Waals surface area contributed by atoms with E-state index < -0.39 is 0 Å². The number of halogens is 1. The minimum Gasteiger partial charge on any atom is -0.469 e. The van der Waals surface area contributed by atoms with Crippen LogP contribution in [-0.4, -0.2) is 31.1 Å². The van der Waals surface area contributed by atoms with E-state index in [1.807, 2.05) is 11.9 Å². The van der Waals surface area contributed by atoms with Gasteiger partial charge in [0.05, 0.1) is 25.6 Å². The molecule has 0 bridgehead atoms. The molecule has 0 spiro atoms. The maximum atomic E-state index is 11.1. The monoisotopic (exact) mass is 412 g/mol. The predicted molar refractivity (Wildman–Crippen MR) is 92.5 cm³/mol. The zero-order valence-corrected chi connectivity index (χ0v) is 15.9. The number of carbonyl (C=O) groups is 2. The molecule has 2 aliphatic rings. The molecule has 2 aliphatic carbocycles. The highest BCUT2D eigenvalue weighted by atomic mass is 127. The minimum absolute atomic E-state index is 0.0208. The molecule has 0 aromatic heterocycles. The zero-order chi connectivity index (χ0) is 16.3. The molecule has 2 saturated carbocycles. The van der Waals surface area contributed by atoms with E-state index in [1.54, 1.807) is 0 Å². The molecule has 0 radical (unpaired) electrons. The number of carbonyl (C=O) groups excluding carboxylic acids is 2. The van der Waals surface area contributed by atoms with Gasteiger partial charge in [-0.1, -0.05) is 48.3 Å². The quantitative estimate of drug-likeness (QED) is 0.389. The van der Waals surface area contributed by atoms with Crippen molar-refractivity contribution >= 4 is 34.5 Å². The Kier molecular flexibility index (Phi) is 11.1. The summed E-state index contributed by atoms with van der Waals surface area (Å²) < 4.78 is 9.29. The van der Waals surface area contributed by atoms with Crippen molar-refractivity contribution in [3.63, 3.8) is 0 Å². The third-order valence-electron chi connectivity index (χ3n) is 4.27. The number of alkyl halides is 1. The highest BCUT2D eigenvalue weighted by Crippen LogP contribution is 2.38. The molecule has 2 fully saturated rings. The van der Waals surface area contributed by atoms with Gasteiger partial charge in [0, 0.05) is 0 Å². The first-order valence-electron chi connectivity index (χ1n) is 7.57. The van der Waals surface area contributed by atoms with Crippen LogP contribution >= 0.6 is 22.6 Å². The molecule has 0 aromatic carbocycles. The van der Waals surface area contributed by atoms with Crippen LogP contribution in [0.1, 0.15) is 58.3 Å². The fourth-order valence-electron chi connectivity index (χ4n) is 2.93. The summed E-state index contributed by atoms with van der Waals surface area (Å²) in [5.74, 6) is 0.160. The molecule has 0 N–H and O–H groups in total. The van der Waals surface area contributed by atoms with Crippen LogP contribution < -0.4 is 0 Å². The van der Waals surface area contributed by atoms with E-state index in [2.05, 4.69) is 27.3 Å². The second-order valence-corrected chi connectivity index (χ2v) is 5.76. The highest BCUT2D eigenvalue weighted by molar-refractivity contribution is 14.1. The van der Waals surface area contributed by atoms with Crippen LogP contribution in [0.3, 0.4) is 0 Å². The Bertz CT molecular complexity index is 305. The Morgan fingerprint density at radius 3 is 1.81 bits per heavy atom. The molecule has 0 unspecified atom stereocenters. The largest absolute Gasteiger partial charge is 0.469 e. The molecule has 124 valence electrons. The maximum absolute atomic E-state index is 11.1. The smallest absolute Gasteiger partial charge is 0.311 e. The maximum Gasteiger partial charge on any atom is 0.311 e. The Balaban J connectivity index is 0.000000342. The van der Waals surface area contributed by atoms with Crippen molar-refractivity contribution in [2.45, 2.75) is 58.3 Å². The molecule has 0 aromatic rings. The molecule has 21 heavy (non-hydrogen) atoms. The minimum atomic E-state index is -0.158. The standard InChI is InChI=1S/C8H14O2.C7H12O2.CH3I/c1-8(7(9)10-2)5-3-4-6-8;1-9-7(8)6-4-2-3-5-6;1-2/h3-6H2,1-2H3;6H,2-5H2,1H3;1H3. The van der Waals surface area contributed by atoms with E-state index in [4.69, 9.17) is 4.74 Å². The Morgan fingerprint density at radius 2 is 1.43 bits per heavy atom. The van der Waals surface area contributed by atoms with E-state index in [-0.39, 0.29) is 23.3 Å². The van der Waals surface area contributed by atoms with Gasteiger partial charge in [-0.25, -0.2) is 0 Å². The summed E-state index contributed by atoms with van der Waals surface area (Å²) in [7, 11) is 2.92. The Hall–Kier alpha value is -0.330. The lowest BCUT2D eigenvalue weighted by atomic mass is 9.89. The first kappa shape index (κ1) is 20.7. The first-order valence-corrected chi connectivity index (χ1v) is 9.73. The topological polar surface area (TPSA) is 52.6 Å². The normalized spacial score (nSPS) is 19.7. The zero-order valence-electron chi connectivity index (χ0n) is 13.7. The van der Waals surface area contributed by atoms with Gasteiger partial charge in [-0.15, -0.1) is 0 Å². The molecule has 0 heterocycles.